The lowest BCUT2D eigenvalue weighted by molar-refractivity contribution is 0.760. The topological polar surface area (TPSA) is 55.0 Å². The number of hydrogen-bond donors (Lipinski definition) is 1. The van der Waals surface area contributed by atoms with E-state index in [-0.39, 0.29) is 0 Å². The molecule has 0 radical (unpaired) electrons. The van der Waals surface area contributed by atoms with Gasteiger partial charge in [0.15, 0.2) is 0 Å². The van der Waals surface area contributed by atoms with Crippen LogP contribution in [0.5, 0.6) is 0 Å². The van der Waals surface area contributed by atoms with Crippen molar-refractivity contribution >= 4 is 23.0 Å². The van der Waals surface area contributed by atoms with E-state index < -0.39 is 0 Å². The lowest BCUT2D eigenvalue weighted by Crippen LogP contribution is -2.26. The Morgan fingerprint density at radius 1 is 1.35 bits per heavy atom. The summed E-state index contributed by atoms with van der Waals surface area (Å²) in [4.78, 5) is 10.9. The highest BCUT2D eigenvalue weighted by Crippen LogP contribution is 2.31. The Morgan fingerprint density at radius 2 is 2.12 bits per heavy atom. The summed E-state index contributed by atoms with van der Waals surface area (Å²) in [5, 5.41) is 4.27. The third kappa shape index (κ3) is 2.39. The molecule has 0 spiro atoms. The number of anilines is 2. The fourth-order valence-corrected chi connectivity index (χ4v) is 2.47. The number of aromatic nitrogens is 2. The van der Waals surface area contributed by atoms with Crippen molar-refractivity contribution in [2.45, 2.75) is 25.4 Å². The zero-order valence-corrected chi connectivity index (χ0v) is 10.2. The van der Waals surface area contributed by atoms with Crippen LogP contribution < -0.4 is 10.6 Å². The molecule has 0 amide bonds. The van der Waals surface area contributed by atoms with Gasteiger partial charge in [-0.05, 0) is 35.2 Å². The van der Waals surface area contributed by atoms with Gasteiger partial charge in [-0.1, -0.05) is 0 Å². The molecule has 88 valence electrons. The molecule has 1 aliphatic rings. The minimum absolute atomic E-state index is 0.596. The first-order chi connectivity index (χ1) is 8.33. The molecule has 0 atom stereocenters. The Kier molecular flexibility index (Phi) is 2.68. The Morgan fingerprint density at radius 3 is 2.71 bits per heavy atom. The van der Waals surface area contributed by atoms with Gasteiger partial charge in [-0.2, -0.15) is 11.3 Å². The summed E-state index contributed by atoms with van der Waals surface area (Å²) < 4.78 is 0. The summed E-state index contributed by atoms with van der Waals surface area (Å²) in [5.74, 6) is 0.785. The standard InChI is InChI=1S/C12H14N4S/c13-10-5-14-12(15-6-10)16(11-1-2-11)7-9-3-4-17-8-9/h3-6,8,11H,1-2,7,13H2. The summed E-state index contributed by atoms with van der Waals surface area (Å²) >= 11 is 1.72. The molecule has 0 saturated heterocycles. The number of rotatable bonds is 4. The quantitative estimate of drug-likeness (QED) is 0.899. The lowest BCUT2D eigenvalue weighted by Gasteiger charge is -2.21. The molecule has 0 unspecified atom stereocenters. The number of nitrogens with zero attached hydrogens (tertiary/aromatic N) is 3. The molecular formula is C12H14N4S. The van der Waals surface area contributed by atoms with Crippen LogP contribution in [0.4, 0.5) is 11.6 Å². The number of thiophene rings is 1. The van der Waals surface area contributed by atoms with Crippen LogP contribution in [0.1, 0.15) is 18.4 Å². The van der Waals surface area contributed by atoms with Crippen LogP contribution in [-0.2, 0) is 6.54 Å². The summed E-state index contributed by atoms with van der Waals surface area (Å²) in [5.41, 5.74) is 7.55. The van der Waals surface area contributed by atoms with Gasteiger partial charge in [0.2, 0.25) is 5.95 Å². The lowest BCUT2D eigenvalue weighted by atomic mass is 10.3. The largest absolute Gasteiger partial charge is 0.396 e. The van der Waals surface area contributed by atoms with Crippen molar-refractivity contribution in [3.63, 3.8) is 0 Å². The fraction of sp³-hybridized carbons (Fsp3) is 0.333. The molecule has 1 aliphatic carbocycles. The van der Waals surface area contributed by atoms with Crippen molar-refractivity contribution < 1.29 is 0 Å². The van der Waals surface area contributed by atoms with Crippen molar-refractivity contribution in [2.75, 3.05) is 10.6 Å². The van der Waals surface area contributed by atoms with E-state index in [4.69, 9.17) is 5.73 Å². The van der Waals surface area contributed by atoms with E-state index in [1.54, 1.807) is 23.7 Å². The van der Waals surface area contributed by atoms with Crippen molar-refractivity contribution in [3.05, 3.63) is 34.8 Å². The van der Waals surface area contributed by atoms with E-state index in [1.807, 2.05) is 0 Å². The van der Waals surface area contributed by atoms with E-state index in [2.05, 4.69) is 31.7 Å². The molecule has 2 aromatic heterocycles. The molecule has 1 saturated carbocycles. The van der Waals surface area contributed by atoms with Crippen molar-refractivity contribution in [3.8, 4) is 0 Å². The smallest absolute Gasteiger partial charge is 0.225 e. The summed E-state index contributed by atoms with van der Waals surface area (Å²) in [6, 6.07) is 2.75. The predicted octanol–water partition coefficient (Wildman–Crippen LogP) is 2.29. The highest BCUT2D eigenvalue weighted by atomic mass is 32.1. The van der Waals surface area contributed by atoms with Gasteiger partial charge in [0.1, 0.15) is 0 Å². The van der Waals surface area contributed by atoms with Crippen LogP contribution in [0.15, 0.2) is 29.2 Å². The van der Waals surface area contributed by atoms with Crippen LogP contribution in [0.2, 0.25) is 0 Å². The molecule has 1 fully saturated rings. The first-order valence-corrected chi connectivity index (χ1v) is 6.62. The van der Waals surface area contributed by atoms with Crippen LogP contribution in [0, 0.1) is 0 Å². The second kappa shape index (κ2) is 4.33. The van der Waals surface area contributed by atoms with E-state index in [1.165, 1.54) is 18.4 Å². The maximum atomic E-state index is 5.61. The highest BCUT2D eigenvalue weighted by Gasteiger charge is 2.30. The number of hydrogen-bond acceptors (Lipinski definition) is 5. The molecule has 4 nitrogen and oxygen atoms in total. The SMILES string of the molecule is Nc1cnc(N(Cc2ccsc2)C2CC2)nc1. The van der Waals surface area contributed by atoms with Crippen molar-refractivity contribution in [1.29, 1.82) is 0 Å². The van der Waals surface area contributed by atoms with Gasteiger partial charge in [0.05, 0.1) is 18.1 Å². The predicted molar refractivity (Wildman–Crippen MR) is 70.0 cm³/mol. The first-order valence-electron chi connectivity index (χ1n) is 5.68. The number of nitrogen functional groups attached to an aromatic ring is 1. The van der Waals surface area contributed by atoms with Crippen LogP contribution in [0.3, 0.4) is 0 Å². The van der Waals surface area contributed by atoms with Gasteiger partial charge >= 0.3 is 0 Å². The third-order valence-electron chi connectivity index (χ3n) is 2.84. The monoisotopic (exact) mass is 246 g/mol. The second-order valence-corrected chi connectivity index (χ2v) is 5.09. The van der Waals surface area contributed by atoms with Crippen LogP contribution >= 0.6 is 11.3 Å². The van der Waals surface area contributed by atoms with E-state index in [0.29, 0.717) is 11.7 Å². The molecule has 17 heavy (non-hydrogen) atoms. The Bertz CT molecular complexity index is 476. The second-order valence-electron chi connectivity index (χ2n) is 4.31. The van der Waals surface area contributed by atoms with Gasteiger partial charge < -0.3 is 10.6 Å². The average Bonchev–Trinajstić information content (AvgIpc) is 3.05. The van der Waals surface area contributed by atoms with Crippen LogP contribution in [0.25, 0.3) is 0 Å². The van der Waals surface area contributed by atoms with Gasteiger partial charge in [-0.15, -0.1) is 0 Å². The maximum absolute atomic E-state index is 5.61. The minimum atomic E-state index is 0.596. The minimum Gasteiger partial charge on any atom is -0.396 e. The molecule has 0 aliphatic heterocycles. The third-order valence-corrected chi connectivity index (χ3v) is 3.57. The van der Waals surface area contributed by atoms with Gasteiger partial charge in [0, 0.05) is 12.6 Å². The molecular weight excluding hydrogens is 232 g/mol. The van der Waals surface area contributed by atoms with Crippen LogP contribution in [-0.4, -0.2) is 16.0 Å². The normalized spacial score (nSPS) is 14.8. The first kappa shape index (κ1) is 10.5. The molecule has 0 bridgehead atoms. The van der Waals surface area contributed by atoms with Gasteiger partial charge in [0.25, 0.3) is 0 Å². The Balaban J connectivity index is 1.82. The number of nitrogens with two attached hydrogens (primary N) is 1. The molecule has 2 N–H and O–H groups in total. The maximum Gasteiger partial charge on any atom is 0.225 e. The van der Waals surface area contributed by atoms with Crippen molar-refractivity contribution in [1.82, 2.24) is 9.97 Å². The summed E-state index contributed by atoms with van der Waals surface area (Å²) in [6.07, 6.45) is 5.81. The van der Waals surface area contributed by atoms with Gasteiger partial charge in [-0.3, -0.25) is 0 Å². The Hall–Kier alpha value is -1.62. The zero-order chi connectivity index (χ0) is 11.7. The van der Waals surface area contributed by atoms with E-state index in [9.17, 15) is 0 Å². The molecule has 2 heterocycles. The van der Waals surface area contributed by atoms with Crippen molar-refractivity contribution in [2.24, 2.45) is 0 Å². The van der Waals surface area contributed by atoms with Gasteiger partial charge in [-0.25, -0.2) is 9.97 Å². The average molecular weight is 246 g/mol. The molecule has 5 heteroatoms. The fourth-order valence-electron chi connectivity index (χ4n) is 1.81. The molecule has 2 aromatic rings. The van der Waals surface area contributed by atoms with E-state index >= 15 is 0 Å². The van der Waals surface area contributed by atoms with E-state index in [0.717, 1.165) is 12.5 Å². The zero-order valence-electron chi connectivity index (χ0n) is 9.41. The molecule has 0 aromatic carbocycles. The Labute approximate surface area is 104 Å². The highest BCUT2D eigenvalue weighted by molar-refractivity contribution is 7.07. The summed E-state index contributed by atoms with van der Waals surface area (Å²) in [7, 11) is 0. The summed E-state index contributed by atoms with van der Waals surface area (Å²) in [6.45, 7) is 0.887. The molecule has 3 rings (SSSR count).